The predicted molar refractivity (Wildman–Crippen MR) is 76.0 cm³/mol. The number of fused-ring (bicyclic) bond motifs is 1. The summed E-state index contributed by atoms with van der Waals surface area (Å²) < 4.78 is 5.73. The number of para-hydroxylation sites is 1. The SMILES string of the molecule is CCC(C)CC(CC)NC1COc2ccccc21. The Bertz CT molecular complexity index is 377. The Morgan fingerprint density at radius 3 is 2.78 bits per heavy atom. The summed E-state index contributed by atoms with van der Waals surface area (Å²) in [5.74, 6) is 1.84. The van der Waals surface area contributed by atoms with Gasteiger partial charge < -0.3 is 10.1 Å². The quantitative estimate of drug-likeness (QED) is 0.822. The standard InChI is InChI=1S/C16H25NO/c1-4-12(3)10-13(5-2)17-15-11-18-16-9-7-6-8-14(15)16/h6-9,12-13,15,17H,4-5,10-11H2,1-3H3. The summed E-state index contributed by atoms with van der Waals surface area (Å²) in [4.78, 5) is 0. The van der Waals surface area contributed by atoms with E-state index in [2.05, 4.69) is 44.3 Å². The molecule has 100 valence electrons. The molecule has 1 N–H and O–H groups in total. The van der Waals surface area contributed by atoms with Crippen LogP contribution >= 0.6 is 0 Å². The molecule has 2 rings (SSSR count). The lowest BCUT2D eigenvalue weighted by Gasteiger charge is -2.23. The molecule has 3 unspecified atom stereocenters. The summed E-state index contributed by atoms with van der Waals surface area (Å²) in [6.07, 6.45) is 3.70. The van der Waals surface area contributed by atoms with Gasteiger partial charge in [-0.2, -0.15) is 0 Å². The van der Waals surface area contributed by atoms with Crippen LogP contribution in [0.1, 0.15) is 51.6 Å². The van der Waals surface area contributed by atoms with Crippen LogP contribution in [0.15, 0.2) is 24.3 Å². The highest BCUT2D eigenvalue weighted by Crippen LogP contribution is 2.32. The molecule has 0 fully saturated rings. The second-order valence-electron chi connectivity index (χ2n) is 5.42. The van der Waals surface area contributed by atoms with E-state index in [1.807, 2.05) is 6.07 Å². The summed E-state index contributed by atoms with van der Waals surface area (Å²) in [6.45, 7) is 7.65. The smallest absolute Gasteiger partial charge is 0.124 e. The number of hydrogen-bond donors (Lipinski definition) is 1. The monoisotopic (exact) mass is 247 g/mol. The maximum Gasteiger partial charge on any atom is 0.124 e. The van der Waals surface area contributed by atoms with Gasteiger partial charge in [-0.1, -0.05) is 45.4 Å². The predicted octanol–water partition coefficient (Wildman–Crippen LogP) is 3.92. The zero-order chi connectivity index (χ0) is 13.0. The van der Waals surface area contributed by atoms with Crippen LogP contribution in [0.25, 0.3) is 0 Å². The molecule has 0 saturated heterocycles. The van der Waals surface area contributed by atoms with E-state index in [4.69, 9.17) is 4.74 Å². The van der Waals surface area contributed by atoms with Crippen LogP contribution in [-0.2, 0) is 0 Å². The van der Waals surface area contributed by atoms with Gasteiger partial charge in [0.15, 0.2) is 0 Å². The maximum absolute atomic E-state index is 5.73. The fourth-order valence-corrected chi connectivity index (χ4v) is 2.59. The Morgan fingerprint density at radius 1 is 1.28 bits per heavy atom. The third kappa shape index (κ3) is 3.05. The van der Waals surface area contributed by atoms with E-state index >= 15 is 0 Å². The number of nitrogens with one attached hydrogen (secondary N) is 1. The van der Waals surface area contributed by atoms with Crippen LogP contribution < -0.4 is 10.1 Å². The summed E-state index contributed by atoms with van der Waals surface area (Å²) in [5.41, 5.74) is 1.32. The highest BCUT2D eigenvalue weighted by atomic mass is 16.5. The van der Waals surface area contributed by atoms with Crippen molar-refractivity contribution in [1.29, 1.82) is 0 Å². The van der Waals surface area contributed by atoms with Gasteiger partial charge in [0.25, 0.3) is 0 Å². The van der Waals surface area contributed by atoms with Crippen molar-refractivity contribution in [2.24, 2.45) is 5.92 Å². The van der Waals surface area contributed by atoms with E-state index in [-0.39, 0.29) is 0 Å². The Kier molecular flexibility index (Phi) is 4.65. The van der Waals surface area contributed by atoms with E-state index in [1.54, 1.807) is 0 Å². The molecule has 3 atom stereocenters. The fourth-order valence-electron chi connectivity index (χ4n) is 2.59. The molecule has 1 aromatic rings. The maximum atomic E-state index is 5.73. The molecule has 0 radical (unpaired) electrons. The van der Waals surface area contributed by atoms with Crippen molar-refractivity contribution in [1.82, 2.24) is 5.32 Å². The summed E-state index contributed by atoms with van der Waals surface area (Å²) in [5, 5.41) is 3.76. The van der Waals surface area contributed by atoms with Crippen molar-refractivity contribution in [3.63, 3.8) is 0 Å². The lowest BCUT2D eigenvalue weighted by molar-refractivity contribution is 0.280. The van der Waals surface area contributed by atoms with Crippen LogP contribution in [0.4, 0.5) is 0 Å². The van der Waals surface area contributed by atoms with Crippen LogP contribution in [0.2, 0.25) is 0 Å². The molecule has 0 spiro atoms. The first-order valence-electron chi connectivity index (χ1n) is 7.22. The number of benzene rings is 1. The van der Waals surface area contributed by atoms with Gasteiger partial charge in [0.2, 0.25) is 0 Å². The molecular formula is C16H25NO. The molecule has 1 aromatic carbocycles. The van der Waals surface area contributed by atoms with Crippen LogP contribution in [0, 0.1) is 5.92 Å². The minimum atomic E-state index is 0.371. The largest absolute Gasteiger partial charge is 0.491 e. The van der Waals surface area contributed by atoms with Gasteiger partial charge in [-0.15, -0.1) is 0 Å². The summed E-state index contributed by atoms with van der Waals surface area (Å²) >= 11 is 0. The third-order valence-electron chi connectivity index (χ3n) is 4.01. The van der Waals surface area contributed by atoms with Crippen molar-refractivity contribution < 1.29 is 4.74 Å². The molecule has 0 amide bonds. The second kappa shape index (κ2) is 6.24. The van der Waals surface area contributed by atoms with Crippen LogP contribution in [0.3, 0.4) is 0 Å². The molecule has 0 saturated carbocycles. The molecule has 18 heavy (non-hydrogen) atoms. The lowest BCUT2D eigenvalue weighted by Crippen LogP contribution is -2.34. The summed E-state index contributed by atoms with van der Waals surface area (Å²) in [6, 6.07) is 9.34. The third-order valence-corrected chi connectivity index (χ3v) is 4.01. The topological polar surface area (TPSA) is 21.3 Å². The first-order valence-corrected chi connectivity index (χ1v) is 7.22. The average molecular weight is 247 g/mol. The van der Waals surface area contributed by atoms with Crippen LogP contribution in [0.5, 0.6) is 5.75 Å². The lowest BCUT2D eigenvalue weighted by atomic mass is 9.96. The Labute approximate surface area is 111 Å². The van der Waals surface area contributed by atoms with Gasteiger partial charge in [-0.05, 0) is 24.8 Å². The van der Waals surface area contributed by atoms with E-state index < -0.39 is 0 Å². The van der Waals surface area contributed by atoms with E-state index in [0.29, 0.717) is 12.1 Å². The molecule has 1 aliphatic heterocycles. The van der Waals surface area contributed by atoms with Crippen molar-refractivity contribution in [2.45, 2.75) is 52.1 Å². The first-order chi connectivity index (χ1) is 8.74. The number of ether oxygens (including phenoxy) is 1. The minimum absolute atomic E-state index is 0.371. The minimum Gasteiger partial charge on any atom is -0.491 e. The van der Waals surface area contributed by atoms with E-state index in [0.717, 1.165) is 18.3 Å². The van der Waals surface area contributed by atoms with E-state index in [9.17, 15) is 0 Å². The van der Waals surface area contributed by atoms with Gasteiger partial charge in [-0.3, -0.25) is 0 Å². The highest BCUT2D eigenvalue weighted by molar-refractivity contribution is 5.39. The highest BCUT2D eigenvalue weighted by Gasteiger charge is 2.25. The molecule has 0 aliphatic carbocycles. The van der Waals surface area contributed by atoms with Crippen molar-refractivity contribution in [3.05, 3.63) is 29.8 Å². The van der Waals surface area contributed by atoms with Crippen molar-refractivity contribution in [3.8, 4) is 5.75 Å². The fraction of sp³-hybridized carbons (Fsp3) is 0.625. The molecule has 0 bridgehead atoms. The zero-order valence-corrected chi connectivity index (χ0v) is 11.8. The van der Waals surface area contributed by atoms with E-state index in [1.165, 1.54) is 24.8 Å². The Morgan fingerprint density at radius 2 is 2.06 bits per heavy atom. The normalized spacial score (nSPS) is 21.2. The van der Waals surface area contributed by atoms with Gasteiger partial charge >= 0.3 is 0 Å². The first kappa shape index (κ1) is 13.4. The molecule has 1 aliphatic rings. The molecule has 1 heterocycles. The molecule has 2 heteroatoms. The van der Waals surface area contributed by atoms with Gasteiger partial charge in [-0.25, -0.2) is 0 Å². The van der Waals surface area contributed by atoms with Crippen molar-refractivity contribution in [2.75, 3.05) is 6.61 Å². The van der Waals surface area contributed by atoms with Crippen molar-refractivity contribution >= 4 is 0 Å². The van der Waals surface area contributed by atoms with Gasteiger partial charge in [0, 0.05) is 11.6 Å². The zero-order valence-electron chi connectivity index (χ0n) is 11.8. The Balaban J connectivity index is 1.97. The van der Waals surface area contributed by atoms with Gasteiger partial charge in [0.1, 0.15) is 12.4 Å². The molecule has 2 nitrogen and oxygen atoms in total. The molecule has 0 aromatic heterocycles. The van der Waals surface area contributed by atoms with Crippen LogP contribution in [-0.4, -0.2) is 12.6 Å². The second-order valence-corrected chi connectivity index (χ2v) is 5.42. The Hall–Kier alpha value is -1.02. The molecular weight excluding hydrogens is 222 g/mol. The number of hydrogen-bond acceptors (Lipinski definition) is 2. The number of rotatable bonds is 6. The van der Waals surface area contributed by atoms with Gasteiger partial charge in [0.05, 0.1) is 6.04 Å². The average Bonchev–Trinajstić information content (AvgIpc) is 2.81. The summed E-state index contributed by atoms with van der Waals surface area (Å²) in [7, 11) is 0.